The zero-order valence-electron chi connectivity index (χ0n) is 12.7. The van der Waals surface area contributed by atoms with E-state index in [4.69, 9.17) is 5.73 Å². The average molecular weight is 313 g/mol. The summed E-state index contributed by atoms with van der Waals surface area (Å²) in [5, 5.41) is 4.61. The molecule has 1 saturated carbocycles. The molecule has 3 N–H and O–H groups in total. The fourth-order valence-corrected chi connectivity index (χ4v) is 4.41. The Bertz CT molecular complexity index is 504. The van der Waals surface area contributed by atoms with Crippen molar-refractivity contribution in [2.45, 2.75) is 44.9 Å². The summed E-state index contributed by atoms with van der Waals surface area (Å²) in [6.45, 7) is 7.08. The Hall–Kier alpha value is -0.680. The Morgan fingerprint density at radius 2 is 2.15 bits per heavy atom. The first kappa shape index (κ1) is 15.7. The van der Waals surface area contributed by atoms with Crippen LogP contribution in [-0.4, -0.2) is 18.6 Å². The van der Waals surface area contributed by atoms with Gasteiger partial charge in [-0.05, 0) is 30.9 Å². The minimum absolute atomic E-state index is 0.0103. The molecule has 0 bridgehead atoms. The van der Waals surface area contributed by atoms with Gasteiger partial charge in [0.15, 0.2) is 5.78 Å². The van der Waals surface area contributed by atoms with Crippen LogP contribution in [0, 0.1) is 11.3 Å². The molecule has 0 radical (unpaired) electrons. The van der Waals surface area contributed by atoms with Gasteiger partial charge in [-0.15, -0.1) is 23.1 Å². The van der Waals surface area contributed by atoms with Gasteiger partial charge in [-0.3, -0.25) is 4.79 Å². The van der Waals surface area contributed by atoms with E-state index in [1.54, 1.807) is 11.8 Å². The van der Waals surface area contributed by atoms with Crippen LogP contribution in [0.3, 0.4) is 0 Å². The van der Waals surface area contributed by atoms with E-state index in [1.807, 2.05) is 20.1 Å². The highest BCUT2D eigenvalue weighted by molar-refractivity contribution is 7.99. The van der Waals surface area contributed by atoms with Gasteiger partial charge in [-0.25, -0.2) is 0 Å². The molecule has 1 fully saturated rings. The van der Waals surface area contributed by atoms with E-state index in [0.717, 1.165) is 16.4 Å². The van der Waals surface area contributed by atoms with Crippen LogP contribution < -0.4 is 11.1 Å². The van der Waals surface area contributed by atoms with E-state index in [-0.39, 0.29) is 11.7 Å². The summed E-state index contributed by atoms with van der Waals surface area (Å²) in [6.07, 6.45) is 5.85. The lowest BCUT2D eigenvalue weighted by atomic mass is 10.0. The first-order chi connectivity index (χ1) is 9.44. The number of carbonyl (C=O) groups is 1. The van der Waals surface area contributed by atoms with E-state index in [2.05, 4.69) is 12.2 Å². The molecule has 112 valence electrons. The largest absolute Gasteiger partial charge is 0.396 e. The number of thiophene rings is 1. The summed E-state index contributed by atoms with van der Waals surface area (Å²) < 4.78 is 0. The molecule has 1 aromatic heterocycles. The molecule has 1 aliphatic carbocycles. The monoisotopic (exact) mass is 312 g/mol. The highest BCUT2D eigenvalue weighted by Gasteiger charge is 2.40. The van der Waals surface area contributed by atoms with Gasteiger partial charge in [0.05, 0.1) is 15.5 Å². The van der Waals surface area contributed by atoms with Crippen LogP contribution in [0.25, 0.3) is 0 Å². The van der Waals surface area contributed by atoms with Crippen molar-refractivity contribution in [2.24, 2.45) is 11.3 Å². The number of nitrogen functional groups attached to an aromatic ring is 1. The van der Waals surface area contributed by atoms with E-state index in [1.165, 1.54) is 30.6 Å². The number of hydrogen-bond donors (Lipinski definition) is 2. The molecule has 0 aliphatic heterocycles. The van der Waals surface area contributed by atoms with Crippen LogP contribution in [0.2, 0.25) is 0 Å². The maximum atomic E-state index is 12.2. The number of hydrogen-bond acceptors (Lipinski definition) is 5. The quantitative estimate of drug-likeness (QED) is 0.575. The van der Waals surface area contributed by atoms with Gasteiger partial charge in [-0.2, -0.15) is 0 Å². The van der Waals surface area contributed by atoms with Crippen molar-refractivity contribution in [1.82, 2.24) is 0 Å². The summed E-state index contributed by atoms with van der Waals surface area (Å²) in [5.74, 6) is 0.136. The van der Waals surface area contributed by atoms with Gasteiger partial charge in [0.1, 0.15) is 5.00 Å². The van der Waals surface area contributed by atoms with E-state index >= 15 is 0 Å². The molecule has 5 heteroatoms. The normalized spacial score (nSPS) is 16.4. The molecule has 20 heavy (non-hydrogen) atoms. The lowest BCUT2D eigenvalue weighted by molar-refractivity contribution is 0.0944. The van der Waals surface area contributed by atoms with Gasteiger partial charge >= 0.3 is 0 Å². The predicted molar refractivity (Wildman–Crippen MR) is 90.1 cm³/mol. The second-order valence-electron chi connectivity index (χ2n) is 5.93. The summed E-state index contributed by atoms with van der Waals surface area (Å²) in [4.78, 5) is 14.0. The molecule has 1 heterocycles. The van der Waals surface area contributed by atoms with E-state index < -0.39 is 0 Å². The Morgan fingerprint density at radius 1 is 1.50 bits per heavy atom. The van der Waals surface area contributed by atoms with Crippen LogP contribution in [0.5, 0.6) is 0 Å². The summed E-state index contributed by atoms with van der Waals surface area (Å²) in [5.41, 5.74) is 7.31. The fraction of sp³-hybridized carbons (Fsp3) is 0.667. The number of nitrogens with one attached hydrogen (secondary N) is 1. The van der Waals surface area contributed by atoms with Crippen molar-refractivity contribution in [1.29, 1.82) is 0 Å². The molecule has 0 atom stereocenters. The van der Waals surface area contributed by atoms with Crippen LogP contribution in [0.1, 0.15) is 49.7 Å². The maximum Gasteiger partial charge on any atom is 0.177 e. The van der Waals surface area contributed by atoms with Crippen LogP contribution in [0.15, 0.2) is 4.90 Å². The first-order valence-electron chi connectivity index (χ1n) is 7.18. The Kier molecular flexibility index (Phi) is 4.69. The van der Waals surface area contributed by atoms with Gasteiger partial charge < -0.3 is 11.1 Å². The van der Waals surface area contributed by atoms with Gasteiger partial charge in [0.2, 0.25) is 0 Å². The third-order valence-corrected chi connectivity index (χ3v) is 6.32. The minimum Gasteiger partial charge on any atom is -0.396 e. The molecule has 0 spiro atoms. The lowest BCUT2D eigenvalue weighted by Crippen LogP contribution is -2.13. The first-order valence-corrected chi connectivity index (χ1v) is 9.22. The fourth-order valence-electron chi connectivity index (χ4n) is 2.29. The summed E-state index contributed by atoms with van der Waals surface area (Å²) in [6, 6.07) is 0. The Morgan fingerprint density at radius 3 is 2.60 bits per heavy atom. The number of thioether (sulfide) groups is 1. The van der Waals surface area contributed by atoms with Crippen molar-refractivity contribution >= 4 is 39.6 Å². The van der Waals surface area contributed by atoms with Crippen LogP contribution in [0.4, 0.5) is 10.7 Å². The van der Waals surface area contributed by atoms with Crippen molar-refractivity contribution in [3.63, 3.8) is 0 Å². The maximum absolute atomic E-state index is 12.2. The number of nitrogens with two attached hydrogens (primary N) is 1. The van der Waals surface area contributed by atoms with Crippen molar-refractivity contribution in [3.05, 3.63) is 4.88 Å². The molecule has 3 nitrogen and oxygen atoms in total. The van der Waals surface area contributed by atoms with Crippen LogP contribution in [-0.2, 0) is 0 Å². The standard InChI is InChI=1S/C15H24N2OS2/c1-5-15(6-7-15)8-17-14-13(19-4)10(16)12(20-14)11(18)9(2)3/h9,17H,5-8,16H2,1-4H3. The SMILES string of the molecule is CCC1(CNc2sc(C(=O)C(C)C)c(N)c2SC)CC1. The van der Waals surface area contributed by atoms with Crippen LogP contribution >= 0.6 is 23.1 Å². The zero-order valence-corrected chi connectivity index (χ0v) is 14.3. The number of rotatable bonds is 7. The zero-order chi connectivity index (χ0) is 14.9. The van der Waals surface area contributed by atoms with Gasteiger partial charge in [0, 0.05) is 12.5 Å². The number of anilines is 2. The average Bonchev–Trinajstić information content (AvgIpc) is 3.14. The molecule has 1 aliphatic rings. The van der Waals surface area contributed by atoms with Crippen molar-refractivity contribution < 1.29 is 4.79 Å². The smallest absolute Gasteiger partial charge is 0.177 e. The van der Waals surface area contributed by atoms with Crippen molar-refractivity contribution in [3.8, 4) is 0 Å². The molecule has 0 aromatic carbocycles. The third-order valence-electron chi connectivity index (χ3n) is 4.18. The predicted octanol–water partition coefficient (Wildman–Crippen LogP) is 4.49. The minimum atomic E-state index is -0.0103. The molecule has 0 amide bonds. The van der Waals surface area contributed by atoms with Gasteiger partial charge in [-0.1, -0.05) is 20.8 Å². The number of Topliss-reactive ketones (excluding diaryl/α,β-unsaturated/α-hetero) is 1. The summed E-state index contributed by atoms with van der Waals surface area (Å²) in [7, 11) is 0. The number of ketones is 1. The van der Waals surface area contributed by atoms with Crippen molar-refractivity contribution in [2.75, 3.05) is 23.9 Å². The van der Waals surface area contributed by atoms with E-state index in [0.29, 0.717) is 16.0 Å². The highest BCUT2D eigenvalue weighted by Crippen LogP contribution is 2.50. The second-order valence-corrected chi connectivity index (χ2v) is 7.77. The molecule has 0 saturated heterocycles. The van der Waals surface area contributed by atoms with E-state index in [9.17, 15) is 4.79 Å². The molecule has 1 aromatic rings. The summed E-state index contributed by atoms with van der Waals surface area (Å²) >= 11 is 3.14. The molecular weight excluding hydrogens is 288 g/mol. The Labute approximate surface area is 129 Å². The molecular formula is C15H24N2OS2. The molecule has 2 rings (SSSR count). The Balaban J connectivity index is 2.20. The molecule has 0 unspecified atom stereocenters. The topological polar surface area (TPSA) is 55.1 Å². The van der Waals surface area contributed by atoms with Gasteiger partial charge in [0.25, 0.3) is 0 Å². The number of carbonyl (C=O) groups excluding carboxylic acids is 1. The lowest BCUT2D eigenvalue weighted by Gasteiger charge is -2.14. The second kappa shape index (κ2) is 5.98. The highest BCUT2D eigenvalue weighted by atomic mass is 32.2. The third kappa shape index (κ3) is 2.98.